The summed E-state index contributed by atoms with van der Waals surface area (Å²) in [6, 6.07) is 0. The molecule has 0 aromatic rings. The number of nitrogens with zero attached hydrogens (tertiary/aromatic N) is 3. The maximum atomic E-state index is 11.6. The molecule has 1 amide bonds. The summed E-state index contributed by atoms with van der Waals surface area (Å²) in [4.78, 5) is 19.3. The van der Waals surface area contributed by atoms with Gasteiger partial charge < -0.3 is 30.1 Å². The van der Waals surface area contributed by atoms with Gasteiger partial charge in [0.1, 0.15) is 5.60 Å². The quantitative estimate of drug-likeness (QED) is 0.618. The summed E-state index contributed by atoms with van der Waals surface area (Å²) in [7, 11) is 0. The lowest BCUT2D eigenvalue weighted by Crippen LogP contribution is -2.48. The molecular weight excluding hydrogens is 330 g/mol. The molecule has 0 saturated carbocycles. The molecule has 7 nitrogen and oxygen atoms in total. The molecule has 2 rings (SSSR count). The molecule has 7 heteroatoms. The minimum atomic E-state index is -0.425. The molecule has 2 saturated heterocycles. The number of nitrogens with one attached hydrogen (secondary N) is 2. The monoisotopic (exact) mass is 369 g/mol. The van der Waals surface area contributed by atoms with Crippen LogP contribution in [0.15, 0.2) is 0 Å². The van der Waals surface area contributed by atoms with Crippen molar-refractivity contribution < 1.29 is 9.53 Å². The number of ether oxygens (including phenoxy) is 1. The van der Waals surface area contributed by atoms with Gasteiger partial charge in [-0.25, -0.2) is 4.79 Å². The molecule has 152 valence electrons. The summed E-state index contributed by atoms with van der Waals surface area (Å²) >= 11 is 0. The van der Waals surface area contributed by atoms with Crippen molar-refractivity contribution in [2.24, 2.45) is 0 Å². The predicted octanol–water partition coefficient (Wildman–Crippen LogP) is 0.814. The summed E-state index contributed by atoms with van der Waals surface area (Å²) in [5.41, 5.74) is -0.425. The SMILES string of the molecule is CC(C)(C)OC(=O)NCCCN1CCN(CCCN2CCNCC2)CC1. The van der Waals surface area contributed by atoms with Crippen molar-refractivity contribution in [1.82, 2.24) is 25.3 Å². The van der Waals surface area contributed by atoms with Crippen LogP contribution in [-0.2, 0) is 4.74 Å². The van der Waals surface area contributed by atoms with Gasteiger partial charge >= 0.3 is 6.09 Å². The van der Waals surface area contributed by atoms with Gasteiger partial charge in [-0.1, -0.05) is 0 Å². The minimum Gasteiger partial charge on any atom is -0.444 e. The van der Waals surface area contributed by atoms with Crippen LogP contribution in [0.4, 0.5) is 4.79 Å². The average molecular weight is 370 g/mol. The highest BCUT2D eigenvalue weighted by Gasteiger charge is 2.18. The highest BCUT2D eigenvalue weighted by molar-refractivity contribution is 5.67. The van der Waals surface area contributed by atoms with E-state index in [1.807, 2.05) is 20.8 Å². The van der Waals surface area contributed by atoms with E-state index >= 15 is 0 Å². The molecule has 0 spiro atoms. The fraction of sp³-hybridized carbons (Fsp3) is 0.947. The summed E-state index contributed by atoms with van der Waals surface area (Å²) in [5, 5.41) is 6.25. The maximum absolute atomic E-state index is 11.6. The van der Waals surface area contributed by atoms with Crippen molar-refractivity contribution in [1.29, 1.82) is 0 Å². The molecule has 2 heterocycles. The van der Waals surface area contributed by atoms with Crippen LogP contribution in [0.2, 0.25) is 0 Å². The third-order valence-corrected chi connectivity index (χ3v) is 4.94. The highest BCUT2D eigenvalue weighted by atomic mass is 16.6. The van der Waals surface area contributed by atoms with E-state index in [0.29, 0.717) is 6.54 Å². The van der Waals surface area contributed by atoms with Crippen molar-refractivity contribution in [3.05, 3.63) is 0 Å². The normalized spacial score (nSPS) is 20.9. The Kier molecular flexibility index (Phi) is 9.11. The first kappa shape index (κ1) is 21.4. The lowest BCUT2D eigenvalue weighted by Gasteiger charge is -2.35. The first-order valence-electron chi connectivity index (χ1n) is 10.3. The van der Waals surface area contributed by atoms with E-state index < -0.39 is 5.60 Å². The predicted molar refractivity (Wildman–Crippen MR) is 106 cm³/mol. The van der Waals surface area contributed by atoms with Crippen molar-refractivity contribution in [3.63, 3.8) is 0 Å². The lowest BCUT2D eigenvalue weighted by atomic mass is 10.2. The number of amides is 1. The molecule has 0 unspecified atom stereocenters. The molecule has 2 aliphatic heterocycles. The third-order valence-electron chi connectivity index (χ3n) is 4.94. The van der Waals surface area contributed by atoms with Crippen molar-refractivity contribution >= 4 is 6.09 Å². The van der Waals surface area contributed by atoms with Crippen LogP contribution < -0.4 is 10.6 Å². The number of hydrogen-bond acceptors (Lipinski definition) is 6. The summed E-state index contributed by atoms with van der Waals surface area (Å²) in [6.45, 7) is 19.1. The molecule has 0 aromatic heterocycles. The smallest absolute Gasteiger partial charge is 0.407 e. The van der Waals surface area contributed by atoms with Gasteiger partial charge in [-0.2, -0.15) is 0 Å². The van der Waals surface area contributed by atoms with E-state index in [1.54, 1.807) is 0 Å². The number of rotatable bonds is 8. The lowest BCUT2D eigenvalue weighted by molar-refractivity contribution is 0.0524. The average Bonchev–Trinajstić information content (AvgIpc) is 2.59. The van der Waals surface area contributed by atoms with E-state index in [1.165, 1.54) is 45.7 Å². The van der Waals surface area contributed by atoms with Crippen LogP contribution in [0.1, 0.15) is 33.6 Å². The van der Waals surface area contributed by atoms with Gasteiger partial charge in [0.05, 0.1) is 0 Å². The van der Waals surface area contributed by atoms with E-state index in [0.717, 1.165) is 39.1 Å². The number of hydrogen-bond donors (Lipinski definition) is 2. The van der Waals surface area contributed by atoms with Crippen LogP contribution in [0.3, 0.4) is 0 Å². The second kappa shape index (κ2) is 11.1. The largest absolute Gasteiger partial charge is 0.444 e. The first-order valence-corrected chi connectivity index (χ1v) is 10.3. The molecule has 0 bridgehead atoms. The summed E-state index contributed by atoms with van der Waals surface area (Å²) in [5.74, 6) is 0. The van der Waals surface area contributed by atoms with E-state index in [-0.39, 0.29) is 6.09 Å². The number of carbonyl (C=O) groups is 1. The zero-order valence-electron chi connectivity index (χ0n) is 17.1. The molecule has 2 fully saturated rings. The maximum Gasteiger partial charge on any atom is 0.407 e. The molecule has 0 aliphatic carbocycles. The summed E-state index contributed by atoms with van der Waals surface area (Å²) in [6.07, 6.45) is 1.94. The molecule has 2 N–H and O–H groups in total. The van der Waals surface area contributed by atoms with Gasteiger partial charge in [-0.05, 0) is 53.2 Å². The molecule has 0 atom stereocenters. The number of carbonyl (C=O) groups excluding carboxylic acids is 1. The Bertz CT molecular complexity index is 399. The Morgan fingerprint density at radius 3 is 1.92 bits per heavy atom. The van der Waals surface area contributed by atoms with Crippen LogP contribution >= 0.6 is 0 Å². The van der Waals surface area contributed by atoms with Gasteiger partial charge in [-0.3, -0.25) is 0 Å². The zero-order valence-corrected chi connectivity index (χ0v) is 17.1. The van der Waals surface area contributed by atoms with E-state index in [2.05, 4.69) is 25.3 Å². The fourth-order valence-corrected chi connectivity index (χ4v) is 3.50. The second-order valence-electron chi connectivity index (χ2n) is 8.41. The Labute approximate surface area is 159 Å². The zero-order chi connectivity index (χ0) is 18.8. The van der Waals surface area contributed by atoms with Crippen LogP contribution in [0.5, 0.6) is 0 Å². The van der Waals surface area contributed by atoms with Crippen LogP contribution in [-0.4, -0.2) is 105 Å². The Morgan fingerprint density at radius 2 is 1.38 bits per heavy atom. The number of alkyl carbamates (subject to hydrolysis) is 1. The van der Waals surface area contributed by atoms with Crippen molar-refractivity contribution in [3.8, 4) is 0 Å². The highest BCUT2D eigenvalue weighted by Crippen LogP contribution is 2.07. The summed E-state index contributed by atoms with van der Waals surface area (Å²) < 4.78 is 5.25. The standard InChI is InChI=1S/C19H39N5O2/c1-19(2,3)26-18(25)21-6-4-9-23-14-16-24(17-15-23)11-5-10-22-12-7-20-8-13-22/h20H,4-17H2,1-3H3,(H,21,25). The molecule has 0 aromatic carbocycles. The minimum absolute atomic E-state index is 0.313. The molecule has 2 aliphatic rings. The van der Waals surface area contributed by atoms with Crippen LogP contribution in [0.25, 0.3) is 0 Å². The fourth-order valence-electron chi connectivity index (χ4n) is 3.50. The number of piperazine rings is 2. The topological polar surface area (TPSA) is 60.1 Å². The van der Waals surface area contributed by atoms with Gasteiger partial charge in [0, 0.05) is 58.9 Å². The van der Waals surface area contributed by atoms with Gasteiger partial charge in [0.25, 0.3) is 0 Å². The molecule has 0 radical (unpaired) electrons. The van der Waals surface area contributed by atoms with Crippen LogP contribution in [0, 0.1) is 0 Å². The Balaban J connectivity index is 1.46. The van der Waals surface area contributed by atoms with Gasteiger partial charge in [-0.15, -0.1) is 0 Å². The first-order chi connectivity index (χ1) is 12.4. The van der Waals surface area contributed by atoms with E-state index in [4.69, 9.17) is 4.74 Å². The third kappa shape index (κ3) is 9.16. The van der Waals surface area contributed by atoms with Crippen molar-refractivity contribution in [2.75, 3.05) is 78.5 Å². The Morgan fingerprint density at radius 1 is 0.885 bits per heavy atom. The van der Waals surface area contributed by atoms with Gasteiger partial charge in [0.15, 0.2) is 0 Å². The Hall–Kier alpha value is -0.890. The molecular formula is C19H39N5O2. The van der Waals surface area contributed by atoms with Gasteiger partial charge in [0.2, 0.25) is 0 Å². The molecule has 26 heavy (non-hydrogen) atoms. The second-order valence-corrected chi connectivity index (χ2v) is 8.41. The van der Waals surface area contributed by atoms with E-state index in [9.17, 15) is 4.79 Å². The van der Waals surface area contributed by atoms with Crippen molar-refractivity contribution in [2.45, 2.75) is 39.2 Å².